The van der Waals surface area contributed by atoms with Crippen LogP contribution in [0.3, 0.4) is 0 Å². The molecular weight excluding hydrogens is 1010 g/mol. The van der Waals surface area contributed by atoms with Gasteiger partial charge in [0.1, 0.15) is 24.4 Å². The van der Waals surface area contributed by atoms with Crippen molar-refractivity contribution in [1.29, 1.82) is 0 Å². The summed E-state index contributed by atoms with van der Waals surface area (Å²) < 4.78 is 16.7. The molecule has 0 aliphatic carbocycles. The fourth-order valence-corrected chi connectivity index (χ4v) is 10.7. The zero-order valence-corrected chi connectivity index (χ0v) is 52.5. The van der Waals surface area contributed by atoms with E-state index in [2.05, 4.69) is 55.6 Å². The molecule has 11 nitrogen and oxygen atoms in total. The molecule has 1 amide bonds. The number of esters is 1. The van der Waals surface area contributed by atoms with E-state index in [9.17, 15) is 35.1 Å². The second-order valence-electron chi connectivity index (χ2n) is 23.9. The van der Waals surface area contributed by atoms with E-state index in [1.165, 1.54) is 225 Å². The van der Waals surface area contributed by atoms with Crippen molar-refractivity contribution < 1.29 is 49.3 Å². The van der Waals surface area contributed by atoms with Crippen molar-refractivity contribution in [2.24, 2.45) is 0 Å². The lowest BCUT2D eigenvalue weighted by Gasteiger charge is -2.40. The number of hydrogen-bond acceptors (Lipinski definition) is 10. The maximum Gasteiger partial charge on any atom is 0.305 e. The van der Waals surface area contributed by atoms with E-state index in [0.717, 1.165) is 70.6 Å². The SMILES string of the molecule is CCCCC/C=C/CC/C=C/CC/C=C/C(O)C(COC1OC(CO)C(O)C(O)C1O)NC(=O)CCCCCCCCCCCCCCC/C=C\CCCCCCCCCCCCCCOC(=O)CCCCCCCCCCCCC. The van der Waals surface area contributed by atoms with Crippen molar-refractivity contribution in [2.75, 3.05) is 19.8 Å². The summed E-state index contributed by atoms with van der Waals surface area (Å²) in [5.74, 6) is -0.189. The van der Waals surface area contributed by atoms with Gasteiger partial charge in [-0.05, 0) is 83.5 Å². The van der Waals surface area contributed by atoms with Gasteiger partial charge in [-0.2, -0.15) is 0 Å². The monoisotopic (exact) mass is 1140 g/mol. The number of unbranched alkanes of at least 4 members (excludes halogenated alkanes) is 40. The van der Waals surface area contributed by atoms with Crippen LogP contribution >= 0.6 is 0 Å². The van der Waals surface area contributed by atoms with E-state index in [0.29, 0.717) is 19.4 Å². The molecule has 0 spiro atoms. The number of carbonyl (C=O) groups is 2. The molecule has 1 heterocycles. The molecule has 6 N–H and O–H groups in total. The molecule has 1 aliphatic rings. The van der Waals surface area contributed by atoms with E-state index in [1.54, 1.807) is 6.08 Å². The smallest absolute Gasteiger partial charge is 0.305 e. The van der Waals surface area contributed by atoms with Gasteiger partial charge < -0.3 is 45.1 Å². The van der Waals surface area contributed by atoms with E-state index >= 15 is 0 Å². The molecule has 1 fully saturated rings. The number of allylic oxidation sites excluding steroid dienone is 7. The topological polar surface area (TPSA) is 175 Å². The second kappa shape index (κ2) is 59.4. The van der Waals surface area contributed by atoms with Gasteiger partial charge in [-0.15, -0.1) is 0 Å². The van der Waals surface area contributed by atoms with Crippen LogP contribution in [0.5, 0.6) is 0 Å². The highest BCUT2D eigenvalue weighted by Gasteiger charge is 2.44. The highest BCUT2D eigenvalue weighted by atomic mass is 16.7. The summed E-state index contributed by atoms with van der Waals surface area (Å²) in [6, 6.07) is -0.834. The molecular formula is C70H129NO10. The number of nitrogens with one attached hydrogen (secondary N) is 1. The molecule has 0 aromatic carbocycles. The molecule has 11 heteroatoms. The summed E-state index contributed by atoms with van der Waals surface area (Å²) in [4.78, 5) is 25.1. The van der Waals surface area contributed by atoms with Gasteiger partial charge in [0.05, 0.1) is 32.0 Å². The Morgan fingerprint density at radius 1 is 0.444 bits per heavy atom. The maximum atomic E-state index is 13.1. The Morgan fingerprint density at radius 2 is 0.802 bits per heavy atom. The lowest BCUT2D eigenvalue weighted by atomic mass is 9.99. The van der Waals surface area contributed by atoms with Gasteiger partial charge in [0.15, 0.2) is 6.29 Å². The van der Waals surface area contributed by atoms with Crippen LogP contribution in [0.1, 0.15) is 322 Å². The van der Waals surface area contributed by atoms with Crippen molar-refractivity contribution in [3.05, 3.63) is 48.6 Å². The summed E-state index contributed by atoms with van der Waals surface area (Å²) in [7, 11) is 0. The summed E-state index contributed by atoms with van der Waals surface area (Å²) >= 11 is 0. The van der Waals surface area contributed by atoms with E-state index in [4.69, 9.17) is 14.2 Å². The summed E-state index contributed by atoms with van der Waals surface area (Å²) in [6.07, 6.45) is 66.7. The maximum absolute atomic E-state index is 13.1. The highest BCUT2D eigenvalue weighted by molar-refractivity contribution is 5.76. The molecule has 0 radical (unpaired) electrons. The van der Waals surface area contributed by atoms with Crippen molar-refractivity contribution in [2.45, 2.75) is 365 Å². The van der Waals surface area contributed by atoms with Gasteiger partial charge in [-0.25, -0.2) is 0 Å². The Balaban J connectivity index is 2.00. The average Bonchev–Trinajstić information content (AvgIpc) is 3.47. The Morgan fingerprint density at radius 3 is 1.25 bits per heavy atom. The molecule has 0 aromatic heterocycles. The number of amides is 1. The predicted octanol–water partition coefficient (Wildman–Crippen LogP) is 17.2. The van der Waals surface area contributed by atoms with Crippen molar-refractivity contribution in [3.8, 4) is 0 Å². The van der Waals surface area contributed by atoms with Crippen LogP contribution < -0.4 is 5.32 Å². The van der Waals surface area contributed by atoms with Crippen LogP contribution in [0.4, 0.5) is 0 Å². The normalized spacial score (nSPS) is 18.5. The Kier molecular flexibility index (Phi) is 56.2. The molecule has 474 valence electrons. The third-order valence-corrected chi connectivity index (χ3v) is 16.1. The third kappa shape index (κ3) is 48.5. The summed E-state index contributed by atoms with van der Waals surface area (Å²) in [5.41, 5.74) is 0. The van der Waals surface area contributed by atoms with Crippen LogP contribution in [0.15, 0.2) is 48.6 Å². The number of aliphatic hydroxyl groups is 5. The predicted molar refractivity (Wildman–Crippen MR) is 338 cm³/mol. The van der Waals surface area contributed by atoms with Gasteiger partial charge in [0.2, 0.25) is 5.91 Å². The minimum absolute atomic E-state index is 0.00697. The largest absolute Gasteiger partial charge is 0.466 e. The first-order valence-electron chi connectivity index (χ1n) is 34.4. The number of hydrogen-bond donors (Lipinski definition) is 6. The van der Waals surface area contributed by atoms with Gasteiger partial charge >= 0.3 is 5.97 Å². The minimum atomic E-state index is -1.58. The molecule has 0 bridgehead atoms. The molecule has 1 saturated heterocycles. The zero-order valence-electron chi connectivity index (χ0n) is 52.5. The Hall–Kier alpha value is -2.38. The zero-order chi connectivity index (χ0) is 58.7. The van der Waals surface area contributed by atoms with Crippen LogP contribution in [0, 0.1) is 0 Å². The number of carbonyl (C=O) groups excluding carboxylic acids is 2. The molecule has 7 unspecified atom stereocenters. The lowest BCUT2D eigenvalue weighted by Crippen LogP contribution is -2.60. The third-order valence-electron chi connectivity index (χ3n) is 16.1. The van der Waals surface area contributed by atoms with Crippen LogP contribution in [-0.4, -0.2) is 100 Å². The molecule has 81 heavy (non-hydrogen) atoms. The van der Waals surface area contributed by atoms with Gasteiger partial charge in [0.25, 0.3) is 0 Å². The first-order valence-corrected chi connectivity index (χ1v) is 34.4. The fraction of sp³-hybridized carbons (Fsp3) is 0.857. The van der Waals surface area contributed by atoms with Gasteiger partial charge in [-0.1, -0.05) is 274 Å². The molecule has 1 aliphatic heterocycles. The average molecular weight is 1140 g/mol. The minimum Gasteiger partial charge on any atom is -0.466 e. The quantitative estimate of drug-likeness (QED) is 0.0195. The van der Waals surface area contributed by atoms with Gasteiger partial charge in [-0.3, -0.25) is 9.59 Å². The Bertz CT molecular complexity index is 1480. The number of rotatable bonds is 60. The lowest BCUT2D eigenvalue weighted by molar-refractivity contribution is -0.302. The second-order valence-corrected chi connectivity index (χ2v) is 23.9. The molecule has 1 rings (SSSR count). The molecule has 7 atom stereocenters. The summed E-state index contributed by atoms with van der Waals surface area (Å²) in [5, 5.41) is 54.4. The van der Waals surface area contributed by atoms with E-state index in [1.807, 2.05) is 6.08 Å². The van der Waals surface area contributed by atoms with Crippen LogP contribution in [-0.2, 0) is 23.8 Å². The van der Waals surface area contributed by atoms with E-state index < -0.39 is 49.5 Å². The number of aliphatic hydroxyl groups excluding tert-OH is 5. The Labute approximate surface area is 497 Å². The first kappa shape index (κ1) is 76.6. The fourth-order valence-electron chi connectivity index (χ4n) is 10.7. The molecule has 0 saturated carbocycles. The van der Waals surface area contributed by atoms with Crippen LogP contribution in [0.2, 0.25) is 0 Å². The standard InChI is InChI=1S/C70H129NO10/c1-3-5-7-9-11-13-15-33-37-40-44-48-52-56-63(73)62(61-80-70-69(78)68(77)67(76)64(60-72)81-70)71-65(74)57-53-49-45-41-38-34-31-29-27-25-23-21-19-17-16-18-20-22-24-26-28-30-32-35-39-43-47-51-55-59-79-66(75)58-54-50-46-42-36-14-12-10-8-6-4-2/h11,13,16,18,37,40,52,56,62-64,67-70,72-73,76-78H,3-10,12,14-15,17,19-36,38-39,41-51,53-55,57-61H2,1-2H3,(H,71,74)/b13-11+,18-16-,40-37+,56-52+. The van der Waals surface area contributed by atoms with Crippen molar-refractivity contribution in [3.63, 3.8) is 0 Å². The highest BCUT2D eigenvalue weighted by Crippen LogP contribution is 2.23. The number of ether oxygens (including phenoxy) is 3. The first-order chi connectivity index (χ1) is 39.7. The van der Waals surface area contributed by atoms with Crippen molar-refractivity contribution in [1.82, 2.24) is 5.32 Å². The van der Waals surface area contributed by atoms with Gasteiger partial charge in [0, 0.05) is 12.8 Å². The van der Waals surface area contributed by atoms with Crippen LogP contribution in [0.25, 0.3) is 0 Å². The molecule has 0 aromatic rings. The van der Waals surface area contributed by atoms with E-state index in [-0.39, 0.29) is 18.5 Å². The van der Waals surface area contributed by atoms with Crippen molar-refractivity contribution >= 4 is 11.9 Å². The summed E-state index contributed by atoms with van der Waals surface area (Å²) in [6.45, 7) is 4.31.